The highest BCUT2D eigenvalue weighted by Crippen LogP contribution is 2.33. The summed E-state index contributed by atoms with van der Waals surface area (Å²) in [5, 5.41) is 0. The van der Waals surface area contributed by atoms with E-state index in [1.165, 1.54) is 11.1 Å². The van der Waals surface area contributed by atoms with Gasteiger partial charge in [0.25, 0.3) is 0 Å². The fraction of sp³-hybridized carbons (Fsp3) is 0.250. The molecule has 1 aliphatic heterocycles. The van der Waals surface area contributed by atoms with Crippen LogP contribution in [-0.2, 0) is 11.2 Å². The molecular formula is C16H16BrNO2. The fourth-order valence-corrected chi connectivity index (χ4v) is 2.95. The summed E-state index contributed by atoms with van der Waals surface area (Å²) in [5.41, 5.74) is 9.12. The SMILES string of the molecule is Nc1cccc(Br)c1OCC1OCCc2ccccc21. The first-order chi connectivity index (χ1) is 9.75. The van der Waals surface area contributed by atoms with Gasteiger partial charge in [-0.1, -0.05) is 30.3 Å². The normalized spacial score (nSPS) is 17.6. The van der Waals surface area contributed by atoms with Crippen molar-refractivity contribution in [1.29, 1.82) is 0 Å². The second kappa shape index (κ2) is 5.85. The first-order valence-electron chi connectivity index (χ1n) is 6.62. The van der Waals surface area contributed by atoms with E-state index in [0.29, 0.717) is 18.0 Å². The number of para-hydroxylation sites is 1. The Labute approximate surface area is 126 Å². The lowest BCUT2D eigenvalue weighted by Gasteiger charge is -2.26. The minimum Gasteiger partial charge on any atom is -0.487 e. The molecule has 0 aromatic heterocycles. The van der Waals surface area contributed by atoms with Crippen LogP contribution in [0.5, 0.6) is 5.75 Å². The van der Waals surface area contributed by atoms with Gasteiger partial charge in [0.2, 0.25) is 0 Å². The molecule has 1 aliphatic rings. The number of ether oxygens (including phenoxy) is 2. The predicted octanol–water partition coefficient (Wildman–Crippen LogP) is 3.72. The average Bonchev–Trinajstić information content (AvgIpc) is 2.47. The van der Waals surface area contributed by atoms with E-state index in [2.05, 4.69) is 34.1 Å². The van der Waals surface area contributed by atoms with Gasteiger partial charge in [0, 0.05) is 0 Å². The topological polar surface area (TPSA) is 44.5 Å². The van der Waals surface area contributed by atoms with Crippen LogP contribution in [0, 0.1) is 0 Å². The summed E-state index contributed by atoms with van der Waals surface area (Å²) < 4.78 is 12.6. The molecule has 0 saturated carbocycles. The Morgan fingerprint density at radius 3 is 2.90 bits per heavy atom. The van der Waals surface area contributed by atoms with Crippen molar-refractivity contribution in [1.82, 2.24) is 0 Å². The van der Waals surface area contributed by atoms with Crippen LogP contribution < -0.4 is 10.5 Å². The third kappa shape index (κ3) is 2.67. The molecule has 2 aromatic carbocycles. The third-order valence-corrected chi connectivity index (χ3v) is 4.09. The Bertz CT molecular complexity index is 595. The molecule has 104 valence electrons. The van der Waals surface area contributed by atoms with Crippen molar-refractivity contribution in [2.75, 3.05) is 18.9 Å². The van der Waals surface area contributed by atoms with E-state index in [-0.39, 0.29) is 6.10 Å². The van der Waals surface area contributed by atoms with Crippen molar-refractivity contribution >= 4 is 21.6 Å². The van der Waals surface area contributed by atoms with Crippen LogP contribution in [0.4, 0.5) is 5.69 Å². The number of anilines is 1. The van der Waals surface area contributed by atoms with E-state index in [1.807, 2.05) is 24.3 Å². The molecule has 0 amide bonds. The van der Waals surface area contributed by atoms with Crippen LogP contribution in [0.15, 0.2) is 46.9 Å². The van der Waals surface area contributed by atoms with Crippen LogP contribution in [0.2, 0.25) is 0 Å². The molecule has 20 heavy (non-hydrogen) atoms. The minimum absolute atomic E-state index is 0.0357. The molecule has 2 aromatic rings. The maximum atomic E-state index is 5.94. The highest BCUT2D eigenvalue weighted by atomic mass is 79.9. The molecule has 0 bridgehead atoms. The zero-order chi connectivity index (χ0) is 13.9. The Morgan fingerprint density at radius 2 is 2.05 bits per heavy atom. The molecule has 0 spiro atoms. The Balaban J connectivity index is 1.77. The molecule has 1 heterocycles. The summed E-state index contributed by atoms with van der Waals surface area (Å²) in [6.07, 6.45) is 0.926. The van der Waals surface area contributed by atoms with Gasteiger partial charge in [-0.15, -0.1) is 0 Å². The molecule has 0 saturated heterocycles. The maximum Gasteiger partial charge on any atom is 0.156 e. The summed E-state index contributed by atoms with van der Waals surface area (Å²) in [4.78, 5) is 0. The standard InChI is InChI=1S/C16H16BrNO2/c17-13-6-3-7-14(18)16(13)20-10-15-12-5-2-1-4-11(12)8-9-19-15/h1-7,15H,8-10,18H2. The van der Waals surface area contributed by atoms with E-state index >= 15 is 0 Å². The quantitative estimate of drug-likeness (QED) is 0.870. The number of hydrogen-bond donors (Lipinski definition) is 1. The second-order valence-corrected chi connectivity index (χ2v) is 5.63. The summed E-state index contributed by atoms with van der Waals surface area (Å²) in [7, 11) is 0. The van der Waals surface area contributed by atoms with E-state index in [4.69, 9.17) is 15.2 Å². The van der Waals surface area contributed by atoms with Crippen molar-refractivity contribution < 1.29 is 9.47 Å². The fourth-order valence-electron chi connectivity index (χ4n) is 2.45. The molecular weight excluding hydrogens is 318 g/mol. The van der Waals surface area contributed by atoms with Gasteiger partial charge >= 0.3 is 0 Å². The molecule has 3 rings (SSSR count). The van der Waals surface area contributed by atoms with Crippen molar-refractivity contribution in [3.05, 3.63) is 58.1 Å². The molecule has 3 nitrogen and oxygen atoms in total. The largest absolute Gasteiger partial charge is 0.487 e. The van der Waals surface area contributed by atoms with Crippen molar-refractivity contribution in [3.63, 3.8) is 0 Å². The summed E-state index contributed by atoms with van der Waals surface area (Å²) in [5.74, 6) is 0.680. The Kier molecular flexibility index (Phi) is 3.94. The van der Waals surface area contributed by atoms with Gasteiger partial charge in [0.15, 0.2) is 5.75 Å². The summed E-state index contributed by atoms with van der Waals surface area (Å²) in [6.45, 7) is 1.19. The zero-order valence-corrected chi connectivity index (χ0v) is 12.6. The molecule has 0 radical (unpaired) electrons. The molecule has 1 unspecified atom stereocenters. The molecule has 1 atom stereocenters. The highest BCUT2D eigenvalue weighted by molar-refractivity contribution is 9.10. The minimum atomic E-state index is -0.0357. The van der Waals surface area contributed by atoms with Gasteiger partial charge in [0.05, 0.1) is 16.8 Å². The predicted molar refractivity (Wildman–Crippen MR) is 82.9 cm³/mol. The van der Waals surface area contributed by atoms with Crippen LogP contribution in [0.25, 0.3) is 0 Å². The average molecular weight is 334 g/mol. The second-order valence-electron chi connectivity index (χ2n) is 4.78. The number of fused-ring (bicyclic) bond motifs is 1. The lowest BCUT2D eigenvalue weighted by atomic mass is 9.98. The van der Waals surface area contributed by atoms with Crippen LogP contribution in [0.3, 0.4) is 0 Å². The molecule has 4 heteroatoms. The van der Waals surface area contributed by atoms with Crippen LogP contribution in [0.1, 0.15) is 17.2 Å². The van der Waals surface area contributed by atoms with E-state index in [9.17, 15) is 0 Å². The highest BCUT2D eigenvalue weighted by Gasteiger charge is 2.21. The van der Waals surface area contributed by atoms with Crippen LogP contribution >= 0.6 is 15.9 Å². The smallest absolute Gasteiger partial charge is 0.156 e. The maximum absolute atomic E-state index is 5.94. The van der Waals surface area contributed by atoms with E-state index in [0.717, 1.165) is 17.5 Å². The van der Waals surface area contributed by atoms with Gasteiger partial charge in [0.1, 0.15) is 12.7 Å². The van der Waals surface area contributed by atoms with Gasteiger partial charge in [-0.25, -0.2) is 0 Å². The molecule has 0 aliphatic carbocycles. The zero-order valence-electron chi connectivity index (χ0n) is 11.0. The van der Waals surface area contributed by atoms with Gasteiger partial charge in [-0.3, -0.25) is 0 Å². The Hall–Kier alpha value is -1.52. The van der Waals surface area contributed by atoms with E-state index in [1.54, 1.807) is 0 Å². The number of nitrogen functional groups attached to an aromatic ring is 1. The number of benzene rings is 2. The van der Waals surface area contributed by atoms with E-state index < -0.39 is 0 Å². The number of rotatable bonds is 3. The van der Waals surface area contributed by atoms with Gasteiger partial charge in [-0.05, 0) is 45.6 Å². The van der Waals surface area contributed by atoms with Gasteiger partial charge < -0.3 is 15.2 Å². The summed E-state index contributed by atoms with van der Waals surface area (Å²) >= 11 is 3.46. The first kappa shape index (κ1) is 13.5. The van der Waals surface area contributed by atoms with Crippen molar-refractivity contribution in [2.45, 2.75) is 12.5 Å². The number of halogens is 1. The van der Waals surface area contributed by atoms with Crippen molar-refractivity contribution in [2.24, 2.45) is 0 Å². The first-order valence-corrected chi connectivity index (χ1v) is 7.41. The lowest BCUT2D eigenvalue weighted by molar-refractivity contribution is 0.0102. The molecule has 0 fully saturated rings. The lowest BCUT2D eigenvalue weighted by Crippen LogP contribution is -2.21. The number of hydrogen-bond acceptors (Lipinski definition) is 3. The van der Waals surface area contributed by atoms with Crippen molar-refractivity contribution in [3.8, 4) is 5.75 Å². The van der Waals surface area contributed by atoms with Gasteiger partial charge in [-0.2, -0.15) is 0 Å². The molecule has 2 N–H and O–H groups in total. The van der Waals surface area contributed by atoms with Crippen LogP contribution in [-0.4, -0.2) is 13.2 Å². The monoisotopic (exact) mass is 333 g/mol. The third-order valence-electron chi connectivity index (χ3n) is 3.47. The summed E-state index contributed by atoms with van der Waals surface area (Å²) in [6, 6.07) is 14.0. The number of nitrogens with two attached hydrogens (primary N) is 1. The Morgan fingerprint density at radius 1 is 1.20 bits per heavy atom.